The van der Waals surface area contributed by atoms with Crippen molar-refractivity contribution in [1.82, 2.24) is 0 Å². The standard InChI is InChI=1S/C13H13NO4S2/c1-19(15,16)12-8-4-2-6-10(12)11-7-3-5-9-13(11)20(14,17)18/h2-9H,1H3,(H2,14,17,18). The molecule has 2 aromatic carbocycles. The van der Waals surface area contributed by atoms with Gasteiger partial charge in [-0.1, -0.05) is 36.4 Å². The zero-order valence-corrected chi connectivity index (χ0v) is 12.3. The van der Waals surface area contributed by atoms with Gasteiger partial charge in [0.1, 0.15) is 0 Å². The summed E-state index contributed by atoms with van der Waals surface area (Å²) < 4.78 is 46.8. The second kappa shape index (κ2) is 5.01. The van der Waals surface area contributed by atoms with E-state index in [1.165, 1.54) is 24.3 Å². The van der Waals surface area contributed by atoms with Crippen LogP contribution in [-0.2, 0) is 19.9 Å². The van der Waals surface area contributed by atoms with Crippen LogP contribution >= 0.6 is 0 Å². The number of benzene rings is 2. The molecule has 0 aliphatic rings. The third-order valence-electron chi connectivity index (χ3n) is 2.77. The molecule has 0 radical (unpaired) electrons. The van der Waals surface area contributed by atoms with Gasteiger partial charge in [-0.3, -0.25) is 0 Å². The molecular weight excluding hydrogens is 298 g/mol. The van der Waals surface area contributed by atoms with Crippen LogP contribution in [0.3, 0.4) is 0 Å². The van der Waals surface area contributed by atoms with E-state index in [9.17, 15) is 16.8 Å². The molecule has 0 fully saturated rings. The van der Waals surface area contributed by atoms with Crippen LogP contribution in [-0.4, -0.2) is 23.1 Å². The number of hydrogen-bond acceptors (Lipinski definition) is 4. The molecule has 2 rings (SSSR count). The Morgan fingerprint density at radius 2 is 1.15 bits per heavy atom. The normalized spacial score (nSPS) is 12.3. The molecule has 20 heavy (non-hydrogen) atoms. The predicted molar refractivity (Wildman–Crippen MR) is 76.4 cm³/mol. The van der Waals surface area contributed by atoms with Gasteiger partial charge >= 0.3 is 0 Å². The molecule has 0 heterocycles. The highest BCUT2D eigenvalue weighted by Crippen LogP contribution is 2.31. The van der Waals surface area contributed by atoms with Gasteiger partial charge in [0, 0.05) is 17.4 Å². The maximum atomic E-state index is 11.8. The maximum Gasteiger partial charge on any atom is 0.238 e. The molecule has 0 aromatic heterocycles. The third-order valence-corrected chi connectivity index (χ3v) is 4.89. The first-order valence-corrected chi connectivity index (χ1v) is 9.06. The Bertz CT molecular complexity index is 782. The maximum absolute atomic E-state index is 11.8. The monoisotopic (exact) mass is 311 g/mol. The highest BCUT2D eigenvalue weighted by Gasteiger charge is 2.20. The minimum atomic E-state index is -3.94. The Balaban J connectivity index is 2.85. The van der Waals surface area contributed by atoms with Gasteiger partial charge in [-0.25, -0.2) is 22.0 Å². The molecule has 0 unspecified atom stereocenters. The molecule has 106 valence electrons. The molecule has 0 aliphatic carbocycles. The molecular formula is C13H13NO4S2. The van der Waals surface area contributed by atoms with E-state index < -0.39 is 19.9 Å². The first kappa shape index (κ1) is 14.7. The molecule has 0 spiro atoms. The SMILES string of the molecule is CS(=O)(=O)c1ccccc1-c1ccccc1S(N)(=O)=O. The summed E-state index contributed by atoms with van der Waals surface area (Å²) in [6, 6.07) is 12.3. The lowest BCUT2D eigenvalue weighted by molar-refractivity contribution is 0.596. The minimum Gasteiger partial charge on any atom is -0.225 e. The summed E-state index contributed by atoms with van der Waals surface area (Å²) in [6.45, 7) is 0. The van der Waals surface area contributed by atoms with Crippen LogP contribution < -0.4 is 5.14 Å². The van der Waals surface area contributed by atoms with Crippen molar-refractivity contribution in [2.45, 2.75) is 9.79 Å². The summed E-state index contributed by atoms with van der Waals surface area (Å²) in [4.78, 5) is -0.0350. The predicted octanol–water partition coefficient (Wildman–Crippen LogP) is 1.40. The van der Waals surface area contributed by atoms with E-state index in [-0.39, 0.29) is 15.4 Å². The van der Waals surface area contributed by atoms with E-state index in [1.807, 2.05) is 0 Å². The fourth-order valence-corrected chi connectivity index (χ4v) is 3.61. The molecule has 0 saturated carbocycles. The van der Waals surface area contributed by atoms with Gasteiger partial charge in [0.15, 0.2) is 9.84 Å². The smallest absolute Gasteiger partial charge is 0.225 e. The van der Waals surface area contributed by atoms with Gasteiger partial charge in [0.2, 0.25) is 10.0 Å². The molecule has 5 nitrogen and oxygen atoms in total. The molecule has 0 amide bonds. The Morgan fingerprint density at radius 1 is 0.750 bits per heavy atom. The quantitative estimate of drug-likeness (QED) is 0.927. The molecule has 0 saturated heterocycles. The molecule has 0 atom stereocenters. The van der Waals surface area contributed by atoms with E-state index in [0.29, 0.717) is 5.56 Å². The van der Waals surface area contributed by atoms with Gasteiger partial charge in [-0.15, -0.1) is 0 Å². The van der Waals surface area contributed by atoms with Crippen LogP contribution in [0, 0.1) is 0 Å². The van der Waals surface area contributed by atoms with E-state index in [2.05, 4.69) is 0 Å². The number of rotatable bonds is 3. The zero-order chi connectivity index (χ0) is 15.0. The van der Waals surface area contributed by atoms with Crippen LogP contribution in [0.25, 0.3) is 11.1 Å². The fraction of sp³-hybridized carbons (Fsp3) is 0.0769. The lowest BCUT2D eigenvalue weighted by Crippen LogP contribution is -2.13. The molecule has 0 bridgehead atoms. The Morgan fingerprint density at radius 3 is 1.60 bits per heavy atom. The Hall–Kier alpha value is -1.70. The highest BCUT2D eigenvalue weighted by atomic mass is 32.2. The molecule has 0 aliphatic heterocycles. The van der Waals surface area contributed by atoms with Gasteiger partial charge in [-0.2, -0.15) is 0 Å². The van der Waals surface area contributed by atoms with Crippen molar-refractivity contribution < 1.29 is 16.8 Å². The van der Waals surface area contributed by atoms with Crippen molar-refractivity contribution in [2.24, 2.45) is 5.14 Å². The van der Waals surface area contributed by atoms with E-state index in [1.54, 1.807) is 24.3 Å². The van der Waals surface area contributed by atoms with Gasteiger partial charge in [0.05, 0.1) is 9.79 Å². The van der Waals surface area contributed by atoms with Gasteiger partial charge in [0.25, 0.3) is 0 Å². The van der Waals surface area contributed by atoms with Gasteiger partial charge in [-0.05, 0) is 12.1 Å². The molecule has 2 aromatic rings. The summed E-state index contributed by atoms with van der Waals surface area (Å²) in [7, 11) is -7.42. The number of sulfonamides is 1. The topological polar surface area (TPSA) is 94.3 Å². The van der Waals surface area contributed by atoms with E-state index >= 15 is 0 Å². The number of primary sulfonamides is 1. The van der Waals surface area contributed by atoms with Crippen molar-refractivity contribution >= 4 is 19.9 Å². The lowest BCUT2D eigenvalue weighted by atomic mass is 10.1. The van der Waals surface area contributed by atoms with Crippen LogP contribution in [0.4, 0.5) is 0 Å². The van der Waals surface area contributed by atoms with Crippen LogP contribution in [0.1, 0.15) is 0 Å². The van der Waals surface area contributed by atoms with Crippen LogP contribution in [0.15, 0.2) is 58.3 Å². The van der Waals surface area contributed by atoms with Crippen molar-refractivity contribution in [3.05, 3.63) is 48.5 Å². The second-order valence-corrected chi connectivity index (χ2v) is 7.82. The van der Waals surface area contributed by atoms with Crippen molar-refractivity contribution in [3.8, 4) is 11.1 Å². The van der Waals surface area contributed by atoms with E-state index in [4.69, 9.17) is 5.14 Å². The fourth-order valence-electron chi connectivity index (χ4n) is 1.95. The van der Waals surface area contributed by atoms with Crippen molar-refractivity contribution in [3.63, 3.8) is 0 Å². The Kier molecular flexibility index (Phi) is 3.68. The largest absolute Gasteiger partial charge is 0.238 e. The summed E-state index contributed by atoms with van der Waals surface area (Å²) in [5, 5.41) is 5.18. The molecule has 2 N–H and O–H groups in total. The van der Waals surface area contributed by atoms with Crippen molar-refractivity contribution in [2.75, 3.05) is 6.26 Å². The van der Waals surface area contributed by atoms with E-state index in [0.717, 1.165) is 6.26 Å². The third kappa shape index (κ3) is 2.90. The number of sulfone groups is 1. The number of hydrogen-bond donors (Lipinski definition) is 1. The van der Waals surface area contributed by atoms with Crippen LogP contribution in [0.5, 0.6) is 0 Å². The zero-order valence-electron chi connectivity index (χ0n) is 10.6. The summed E-state index contributed by atoms with van der Waals surface area (Å²) in [5.41, 5.74) is 0.593. The Labute approximate surface area is 118 Å². The number of nitrogens with two attached hydrogens (primary N) is 1. The highest BCUT2D eigenvalue weighted by molar-refractivity contribution is 7.91. The average Bonchev–Trinajstić information content (AvgIpc) is 2.37. The average molecular weight is 311 g/mol. The minimum absolute atomic E-state index is 0.0658. The summed E-state index contributed by atoms with van der Waals surface area (Å²) in [6.07, 6.45) is 1.07. The lowest BCUT2D eigenvalue weighted by Gasteiger charge is -2.11. The first-order valence-electron chi connectivity index (χ1n) is 5.62. The molecule has 7 heteroatoms. The summed E-state index contributed by atoms with van der Waals surface area (Å²) >= 11 is 0. The van der Waals surface area contributed by atoms with Crippen LogP contribution in [0.2, 0.25) is 0 Å². The van der Waals surface area contributed by atoms with Crippen molar-refractivity contribution in [1.29, 1.82) is 0 Å². The van der Waals surface area contributed by atoms with Gasteiger partial charge < -0.3 is 0 Å². The second-order valence-electron chi connectivity index (χ2n) is 4.31. The summed E-state index contributed by atoms with van der Waals surface area (Å²) in [5.74, 6) is 0. The first-order chi connectivity index (χ1) is 9.21.